The zero-order chi connectivity index (χ0) is 15.3. The molecule has 0 unspecified atom stereocenters. The van der Waals surface area contributed by atoms with Gasteiger partial charge in [-0.15, -0.1) is 0 Å². The first-order valence-corrected chi connectivity index (χ1v) is 13.8. The average molecular weight is 301 g/mol. The summed E-state index contributed by atoms with van der Waals surface area (Å²) in [5, 5.41) is 10.9. The zero-order valence-electron chi connectivity index (χ0n) is 14.2. The van der Waals surface area contributed by atoms with Crippen LogP contribution in [0.2, 0.25) is 43.3 Å². The molecule has 19 heavy (non-hydrogen) atoms. The van der Waals surface area contributed by atoms with E-state index < -0.39 is 22.0 Å². The molecule has 112 valence electrons. The van der Waals surface area contributed by atoms with Gasteiger partial charge in [-0.1, -0.05) is 40.4 Å². The smallest absolute Gasteiger partial charge is 0.250 e. The van der Waals surface area contributed by atoms with Crippen LogP contribution in [-0.2, 0) is 4.43 Å². The molecule has 0 heterocycles. The molecular weight excluding hydrogens is 268 g/mol. The second kappa shape index (κ2) is 4.74. The van der Waals surface area contributed by atoms with Gasteiger partial charge < -0.3 is 9.53 Å². The van der Waals surface area contributed by atoms with Gasteiger partial charge in [0, 0.05) is 12.0 Å². The SMILES string of the molecule is CC(C)(C)[Si](C)(C)OC1=C[C@@H]([Si](C)(C)C)[C@@](C)(O)C1. The van der Waals surface area contributed by atoms with Crippen LogP contribution in [0.1, 0.15) is 34.1 Å². The lowest BCUT2D eigenvalue weighted by Crippen LogP contribution is -2.41. The first-order valence-electron chi connectivity index (χ1n) is 7.29. The van der Waals surface area contributed by atoms with Crippen LogP contribution in [0.4, 0.5) is 0 Å². The van der Waals surface area contributed by atoms with E-state index in [4.69, 9.17) is 4.43 Å². The van der Waals surface area contributed by atoms with Crippen molar-refractivity contribution in [2.45, 2.75) is 83.0 Å². The lowest BCUT2D eigenvalue weighted by Gasteiger charge is -2.37. The molecule has 1 N–H and O–H groups in total. The van der Waals surface area contributed by atoms with Gasteiger partial charge in [0.15, 0.2) is 0 Å². The first-order chi connectivity index (χ1) is 8.17. The molecule has 0 saturated carbocycles. The summed E-state index contributed by atoms with van der Waals surface area (Å²) in [5.74, 6) is 1.03. The van der Waals surface area contributed by atoms with E-state index in [1.165, 1.54) is 0 Å². The van der Waals surface area contributed by atoms with Crippen LogP contribution in [0.5, 0.6) is 0 Å². The number of hydrogen-bond donors (Lipinski definition) is 1. The van der Waals surface area contributed by atoms with Gasteiger partial charge in [-0.2, -0.15) is 0 Å². The molecule has 0 aromatic heterocycles. The van der Waals surface area contributed by atoms with Gasteiger partial charge in [0.25, 0.3) is 0 Å². The molecule has 0 aromatic rings. The summed E-state index contributed by atoms with van der Waals surface area (Å²) in [6, 6.07) is 0. The van der Waals surface area contributed by atoms with Gasteiger partial charge in [0.1, 0.15) is 0 Å². The molecular formula is C15H32O2Si2. The van der Waals surface area contributed by atoms with Crippen molar-refractivity contribution >= 4 is 16.4 Å². The quantitative estimate of drug-likeness (QED) is 0.762. The Kier molecular flexibility index (Phi) is 4.24. The van der Waals surface area contributed by atoms with Crippen molar-refractivity contribution in [3.63, 3.8) is 0 Å². The van der Waals surface area contributed by atoms with E-state index in [1.54, 1.807) is 0 Å². The third-order valence-corrected chi connectivity index (χ3v) is 11.7. The van der Waals surface area contributed by atoms with E-state index in [1.807, 2.05) is 6.92 Å². The number of aliphatic hydroxyl groups is 1. The largest absolute Gasteiger partial charge is 0.547 e. The molecule has 0 saturated heterocycles. The maximum Gasteiger partial charge on any atom is 0.250 e. The van der Waals surface area contributed by atoms with Crippen LogP contribution in [0.15, 0.2) is 11.8 Å². The lowest BCUT2D eigenvalue weighted by molar-refractivity contribution is 0.0647. The maximum absolute atomic E-state index is 10.7. The topological polar surface area (TPSA) is 29.5 Å². The molecule has 4 heteroatoms. The van der Waals surface area contributed by atoms with E-state index in [0.29, 0.717) is 12.0 Å². The Morgan fingerprint density at radius 3 is 2.00 bits per heavy atom. The predicted molar refractivity (Wildman–Crippen MR) is 88.7 cm³/mol. The highest BCUT2D eigenvalue weighted by molar-refractivity contribution is 6.78. The van der Waals surface area contributed by atoms with Crippen molar-refractivity contribution in [3.05, 3.63) is 11.8 Å². The minimum absolute atomic E-state index is 0.205. The van der Waals surface area contributed by atoms with Crippen LogP contribution >= 0.6 is 0 Å². The fourth-order valence-electron chi connectivity index (χ4n) is 2.62. The van der Waals surface area contributed by atoms with E-state index in [0.717, 1.165) is 5.76 Å². The lowest BCUT2D eigenvalue weighted by atomic mass is 10.0. The summed E-state index contributed by atoms with van der Waals surface area (Å²) in [6.07, 6.45) is 2.90. The highest BCUT2D eigenvalue weighted by Gasteiger charge is 2.47. The highest BCUT2D eigenvalue weighted by atomic mass is 28.4. The summed E-state index contributed by atoms with van der Waals surface area (Å²) in [5.41, 5.74) is -0.331. The highest BCUT2D eigenvalue weighted by Crippen LogP contribution is 2.47. The Morgan fingerprint density at radius 2 is 1.68 bits per heavy atom. The Hall–Kier alpha value is -0.0662. The van der Waals surface area contributed by atoms with Gasteiger partial charge in [-0.05, 0) is 31.1 Å². The molecule has 0 radical (unpaired) electrons. The summed E-state index contributed by atoms with van der Waals surface area (Å²) < 4.78 is 6.39. The van der Waals surface area contributed by atoms with E-state index in [9.17, 15) is 5.11 Å². The summed E-state index contributed by atoms with van der Waals surface area (Å²) in [4.78, 5) is 0. The van der Waals surface area contributed by atoms with Crippen molar-refractivity contribution < 1.29 is 9.53 Å². The second-order valence-corrected chi connectivity index (χ2v) is 19.0. The fourth-order valence-corrected chi connectivity index (χ4v) is 6.38. The third-order valence-electron chi connectivity index (χ3n) is 4.68. The molecule has 2 atom stereocenters. The Labute approximate surface area is 121 Å². The monoisotopic (exact) mass is 300 g/mol. The minimum atomic E-state index is -1.79. The minimum Gasteiger partial charge on any atom is -0.547 e. The molecule has 0 aromatic carbocycles. The summed E-state index contributed by atoms with van der Waals surface area (Å²) >= 11 is 0. The number of rotatable bonds is 3. The van der Waals surface area contributed by atoms with Crippen molar-refractivity contribution in [1.29, 1.82) is 0 Å². The van der Waals surface area contributed by atoms with E-state index in [-0.39, 0.29) is 5.04 Å². The first kappa shape index (κ1) is 17.0. The van der Waals surface area contributed by atoms with Crippen molar-refractivity contribution in [2.24, 2.45) is 0 Å². The molecule has 1 rings (SSSR count). The molecule has 1 aliphatic carbocycles. The summed E-state index contributed by atoms with van der Waals surface area (Å²) in [6.45, 7) is 20.2. The molecule has 0 aliphatic heterocycles. The van der Waals surface area contributed by atoms with Crippen LogP contribution in [-0.4, -0.2) is 27.1 Å². The Bertz CT molecular complexity index is 371. The Balaban J connectivity index is 2.95. The third kappa shape index (κ3) is 3.73. The molecule has 0 amide bonds. The zero-order valence-corrected chi connectivity index (χ0v) is 16.2. The molecule has 0 bridgehead atoms. The van der Waals surface area contributed by atoms with Gasteiger partial charge in [0.05, 0.1) is 19.4 Å². The summed E-state index contributed by atoms with van der Waals surface area (Å²) in [7, 11) is -3.20. The van der Waals surface area contributed by atoms with Crippen LogP contribution in [0.3, 0.4) is 0 Å². The van der Waals surface area contributed by atoms with Crippen molar-refractivity contribution in [3.8, 4) is 0 Å². The van der Waals surface area contributed by atoms with Gasteiger partial charge in [-0.25, -0.2) is 0 Å². The Morgan fingerprint density at radius 1 is 1.21 bits per heavy atom. The fraction of sp³-hybridized carbons (Fsp3) is 0.867. The molecule has 0 spiro atoms. The van der Waals surface area contributed by atoms with Crippen LogP contribution in [0.25, 0.3) is 0 Å². The van der Waals surface area contributed by atoms with Crippen molar-refractivity contribution in [2.75, 3.05) is 0 Å². The van der Waals surface area contributed by atoms with Crippen LogP contribution in [0, 0.1) is 0 Å². The van der Waals surface area contributed by atoms with Gasteiger partial charge in [-0.3, -0.25) is 0 Å². The predicted octanol–water partition coefficient (Wildman–Crippen LogP) is 4.76. The standard InChI is InChI=1S/C15H32O2Si2/c1-14(2,3)19(8,9)17-12-10-13(18(5,6)7)15(4,16)11-12/h10,13,16H,11H2,1-9H3/t13-,15+/m1/s1. The average Bonchev–Trinajstić information content (AvgIpc) is 2.36. The molecule has 0 fully saturated rings. The normalized spacial score (nSPS) is 29.4. The second-order valence-electron chi connectivity index (χ2n) is 8.87. The molecule has 2 nitrogen and oxygen atoms in total. The molecule has 1 aliphatic rings. The van der Waals surface area contributed by atoms with Crippen LogP contribution < -0.4 is 0 Å². The number of hydrogen-bond acceptors (Lipinski definition) is 2. The maximum atomic E-state index is 10.7. The van der Waals surface area contributed by atoms with Crippen molar-refractivity contribution in [1.82, 2.24) is 0 Å². The van der Waals surface area contributed by atoms with E-state index in [2.05, 4.69) is 59.6 Å². The van der Waals surface area contributed by atoms with E-state index >= 15 is 0 Å². The van der Waals surface area contributed by atoms with Gasteiger partial charge in [0.2, 0.25) is 8.32 Å². The van der Waals surface area contributed by atoms with Gasteiger partial charge >= 0.3 is 0 Å².